The van der Waals surface area contributed by atoms with E-state index >= 15 is 0 Å². The lowest BCUT2D eigenvalue weighted by molar-refractivity contribution is 0.0885. The highest BCUT2D eigenvalue weighted by Gasteiger charge is 2.24. The van der Waals surface area contributed by atoms with Crippen LogP contribution < -0.4 is 5.32 Å². The van der Waals surface area contributed by atoms with Gasteiger partial charge in [-0.3, -0.25) is 0 Å². The number of anilines is 1. The molecule has 0 saturated carbocycles. The van der Waals surface area contributed by atoms with Crippen molar-refractivity contribution < 1.29 is 5.11 Å². The fourth-order valence-electron chi connectivity index (χ4n) is 2.47. The number of benzene rings is 1. The van der Waals surface area contributed by atoms with E-state index < -0.39 is 5.72 Å². The summed E-state index contributed by atoms with van der Waals surface area (Å²) < 4.78 is 1.66. The first-order valence-corrected chi connectivity index (χ1v) is 8.16. The zero-order chi connectivity index (χ0) is 16.6. The van der Waals surface area contributed by atoms with Crippen LogP contribution in [0.3, 0.4) is 0 Å². The topological polar surface area (TPSA) is 88.8 Å². The maximum absolute atomic E-state index is 10.9. The standard InChI is InChI=1S/C16H14N6OS/c1-16(23,21-14-13-6-7-24-15(13)19-9-18-14)11-2-4-12(5-3-11)22-10-17-8-20-22/h2-10,23H,1H3,(H,18,19,21)/t16-/m0/s1. The molecule has 0 fully saturated rings. The van der Waals surface area contributed by atoms with Crippen LogP contribution in [-0.4, -0.2) is 29.8 Å². The maximum atomic E-state index is 10.9. The highest BCUT2D eigenvalue weighted by atomic mass is 32.1. The van der Waals surface area contributed by atoms with Gasteiger partial charge in [0.15, 0.2) is 5.72 Å². The fraction of sp³-hybridized carbons (Fsp3) is 0.125. The summed E-state index contributed by atoms with van der Waals surface area (Å²) in [5.41, 5.74) is 0.312. The van der Waals surface area contributed by atoms with Crippen molar-refractivity contribution in [1.82, 2.24) is 24.7 Å². The molecule has 1 atom stereocenters. The molecule has 4 rings (SSSR count). The number of rotatable bonds is 4. The molecule has 4 aromatic rings. The van der Waals surface area contributed by atoms with Crippen molar-refractivity contribution >= 4 is 27.4 Å². The van der Waals surface area contributed by atoms with Gasteiger partial charge in [0.25, 0.3) is 0 Å². The van der Waals surface area contributed by atoms with E-state index in [1.807, 2.05) is 35.7 Å². The molecule has 0 amide bonds. The van der Waals surface area contributed by atoms with Gasteiger partial charge < -0.3 is 10.4 Å². The predicted molar refractivity (Wildman–Crippen MR) is 92.0 cm³/mol. The second-order valence-electron chi connectivity index (χ2n) is 5.45. The molecule has 0 spiro atoms. The number of hydrogen-bond donors (Lipinski definition) is 2. The summed E-state index contributed by atoms with van der Waals surface area (Å²) in [4.78, 5) is 13.3. The van der Waals surface area contributed by atoms with Crippen LogP contribution in [0.1, 0.15) is 12.5 Å². The van der Waals surface area contributed by atoms with Crippen molar-refractivity contribution in [3.8, 4) is 5.69 Å². The molecular weight excluding hydrogens is 324 g/mol. The third kappa shape index (κ3) is 2.61. The van der Waals surface area contributed by atoms with Crippen molar-refractivity contribution in [3.63, 3.8) is 0 Å². The summed E-state index contributed by atoms with van der Waals surface area (Å²) in [5, 5.41) is 20.9. The summed E-state index contributed by atoms with van der Waals surface area (Å²) in [7, 11) is 0. The first-order chi connectivity index (χ1) is 11.6. The van der Waals surface area contributed by atoms with Crippen molar-refractivity contribution in [2.45, 2.75) is 12.6 Å². The number of nitrogens with one attached hydrogen (secondary N) is 1. The predicted octanol–water partition coefficient (Wildman–Crippen LogP) is 2.55. The van der Waals surface area contributed by atoms with Gasteiger partial charge in [-0.15, -0.1) is 11.3 Å². The zero-order valence-electron chi connectivity index (χ0n) is 12.8. The van der Waals surface area contributed by atoms with E-state index in [0.29, 0.717) is 11.4 Å². The minimum absolute atomic E-state index is 0.603. The lowest BCUT2D eigenvalue weighted by atomic mass is 10.0. The van der Waals surface area contributed by atoms with E-state index in [2.05, 4.69) is 25.4 Å². The zero-order valence-corrected chi connectivity index (χ0v) is 13.6. The van der Waals surface area contributed by atoms with Crippen LogP contribution in [0.25, 0.3) is 15.9 Å². The minimum Gasteiger partial charge on any atom is -0.367 e. The molecule has 120 valence electrons. The first kappa shape index (κ1) is 14.7. The molecule has 0 unspecified atom stereocenters. The third-order valence-electron chi connectivity index (χ3n) is 3.74. The Morgan fingerprint density at radius 2 is 1.96 bits per heavy atom. The average Bonchev–Trinajstić information content (AvgIpc) is 3.27. The Morgan fingerprint density at radius 1 is 1.12 bits per heavy atom. The molecule has 0 saturated heterocycles. The average molecular weight is 338 g/mol. The van der Waals surface area contributed by atoms with Crippen LogP contribution in [-0.2, 0) is 5.72 Å². The van der Waals surface area contributed by atoms with Crippen molar-refractivity contribution in [2.75, 3.05) is 5.32 Å². The van der Waals surface area contributed by atoms with Gasteiger partial charge in [0.2, 0.25) is 0 Å². The Balaban J connectivity index is 1.63. The number of aromatic nitrogens is 5. The summed E-state index contributed by atoms with van der Waals surface area (Å²) in [6.45, 7) is 1.69. The smallest absolute Gasteiger partial charge is 0.160 e. The molecule has 0 aliphatic carbocycles. The van der Waals surface area contributed by atoms with Crippen LogP contribution in [0.15, 0.2) is 54.7 Å². The van der Waals surface area contributed by atoms with E-state index in [1.165, 1.54) is 24.0 Å². The molecule has 0 aliphatic rings. The monoisotopic (exact) mass is 338 g/mol. The van der Waals surface area contributed by atoms with Gasteiger partial charge >= 0.3 is 0 Å². The molecule has 3 aromatic heterocycles. The minimum atomic E-state index is -1.27. The Labute approximate surface area is 141 Å². The molecule has 0 bridgehead atoms. The largest absolute Gasteiger partial charge is 0.367 e. The number of fused-ring (bicyclic) bond motifs is 1. The molecule has 7 nitrogen and oxygen atoms in total. The van der Waals surface area contributed by atoms with Gasteiger partial charge in [0, 0.05) is 5.56 Å². The summed E-state index contributed by atoms with van der Waals surface area (Å²) in [5.74, 6) is 0.603. The van der Waals surface area contributed by atoms with Gasteiger partial charge in [-0.05, 0) is 30.5 Å². The molecular formula is C16H14N6OS. The van der Waals surface area contributed by atoms with Crippen LogP contribution in [0.2, 0.25) is 0 Å². The molecule has 2 N–H and O–H groups in total. The quantitative estimate of drug-likeness (QED) is 0.556. The van der Waals surface area contributed by atoms with E-state index in [9.17, 15) is 5.11 Å². The molecule has 24 heavy (non-hydrogen) atoms. The van der Waals surface area contributed by atoms with Crippen LogP contribution >= 0.6 is 11.3 Å². The molecule has 0 radical (unpaired) electrons. The van der Waals surface area contributed by atoms with Gasteiger partial charge in [-0.2, -0.15) is 5.10 Å². The normalized spacial score (nSPS) is 13.8. The van der Waals surface area contributed by atoms with E-state index in [-0.39, 0.29) is 0 Å². The van der Waals surface area contributed by atoms with E-state index in [4.69, 9.17) is 0 Å². The van der Waals surface area contributed by atoms with Gasteiger partial charge in [0.05, 0.1) is 11.1 Å². The van der Waals surface area contributed by atoms with Crippen LogP contribution in [0.5, 0.6) is 0 Å². The number of thiophene rings is 1. The van der Waals surface area contributed by atoms with Gasteiger partial charge in [-0.1, -0.05) is 12.1 Å². The Morgan fingerprint density at radius 3 is 2.71 bits per heavy atom. The van der Waals surface area contributed by atoms with Gasteiger partial charge in [0.1, 0.15) is 29.6 Å². The first-order valence-electron chi connectivity index (χ1n) is 7.28. The van der Waals surface area contributed by atoms with Gasteiger partial charge in [-0.25, -0.2) is 19.6 Å². The van der Waals surface area contributed by atoms with Crippen molar-refractivity contribution in [2.24, 2.45) is 0 Å². The SMILES string of the molecule is C[C@@](O)(Nc1ncnc2sccc12)c1ccc(-n2cncn2)cc1. The second kappa shape index (κ2) is 5.66. The Hall–Kier alpha value is -2.84. The highest BCUT2D eigenvalue weighted by molar-refractivity contribution is 7.16. The fourth-order valence-corrected chi connectivity index (χ4v) is 3.21. The van der Waals surface area contributed by atoms with E-state index in [0.717, 1.165) is 15.9 Å². The van der Waals surface area contributed by atoms with Crippen LogP contribution in [0.4, 0.5) is 5.82 Å². The van der Waals surface area contributed by atoms with Crippen molar-refractivity contribution in [3.05, 3.63) is 60.3 Å². The van der Waals surface area contributed by atoms with E-state index in [1.54, 1.807) is 17.9 Å². The number of aliphatic hydroxyl groups is 1. The maximum Gasteiger partial charge on any atom is 0.160 e. The lowest BCUT2D eigenvalue weighted by Gasteiger charge is -2.26. The second-order valence-corrected chi connectivity index (χ2v) is 6.34. The van der Waals surface area contributed by atoms with Crippen molar-refractivity contribution in [1.29, 1.82) is 0 Å². The number of nitrogens with zero attached hydrogens (tertiary/aromatic N) is 5. The lowest BCUT2D eigenvalue weighted by Crippen LogP contribution is -2.31. The summed E-state index contributed by atoms with van der Waals surface area (Å²) in [6.07, 6.45) is 4.59. The summed E-state index contributed by atoms with van der Waals surface area (Å²) >= 11 is 1.54. The molecule has 3 heterocycles. The molecule has 8 heteroatoms. The third-order valence-corrected chi connectivity index (χ3v) is 4.56. The Bertz CT molecular complexity index is 962. The number of hydrogen-bond acceptors (Lipinski definition) is 7. The van der Waals surface area contributed by atoms with Crippen LogP contribution in [0, 0.1) is 0 Å². The summed E-state index contributed by atoms with van der Waals surface area (Å²) in [6, 6.07) is 9.37. The molecule has 1 aromatic carbocycles. The highest BCUT2D eigenvalue weighted by Crippen LogP contribution is 2.29. The molecule has 0 aliphatic heterocycles. The Kier molecular flexibility index (Phi) is 3.47.